The van der Waals surface area contributed by atoms with Gasteiger partial charge in [-0.1, -0.05) is 64.1 Å². The predicted molar refractivity (Wildman–Crippen MR) is 166 cm³/mol. The van der Waals surface area contributed by atoms with Crippen molar-refractivity contribution in [3.63, 3.8) is 0 Å². The Balaban J connectivity index is 1.80. The summed E-state index contributed by atoms with van der Waals surface area (Å²) in [4.78, 5) is 35.4. The molecule has 1 saturated heterocycles. The molecule has 0 radical (unpaired) electrons. The summed E-state index contributed by atoms with van der Waals surface area (Å²) in [5.41, 5.74) is 6.77. The molecule has 0 aliphatic carbocycles. The molecule has 2 aromatic carbocycles. The maximum Gasteiger partial charge on any atom is 0.266 e. The highest BCUT2D eigenvalue weighted by Crippen LogP contribution is 2.49. The molecule has 0 saturated carbocycles. The van der Waals surface area contributed by atoms with E-state index in [9.17, 15) is 9.59 Å². The Kier molecular flexibility index (Phi) is 6.78. The fraction of sp³-hybridized carbons (Fsp3) is 0.364. The third-order valence-electron chi connectivity index (χ3n) is 8.77. The van der Waals surface area contributed by atoms with Crippen molar-refractivity contribution in [1.82, 2.24) is 9.80 Å². The Morgan fingerprint density at radius 2 is 1.10 bits per heavy atom. The molecule has 1 fully saturated rings. The zero-order valence-electron chi connectivity index (χ0n) is 24.7. The molecule has 7 heteroatoms. The van der Waals surface area contributed by atoms with E-state index in [1.165, 1.54) is 20.9 Å². The number of allylic oxidation sites excluding steroid dienone is 5. The van der Waals surface area contributed by atoms with E-state index < -0.39 is 0 Å². The zero-order valence-corrected chi connectivity index (χ0v) is 25.5. The molecular formula is C33H38N4O2S. The van der Waals surface area contributed by atoms with Crippen molar-refractivity contribution in [1.29, 1.82) is 0 Å². The van der Waals surface area contributed by atoms with Crippen LogP contribution in [0.15, 0.2) is 83.2 Å². The van der Waals surface area contributed by atoms with Crippen molar-refractivity contribution in [3.8, 4) is 0 Å². The van der Waals surface area contributed by atoms with E-state index >= 15 is 0 Å². The molecule has 40 heavy (non-hydrogen) atoms. The number of para-hydroxylation sites is 2. The van der Waals surface area contributed by atoms with Crippen LogP contribution in [-0.2, 0) is 20.4 Å². The van der Waals surface area contributed by atoms with Gasteiger partial charge in [-0.2, -0.15) is 0 Å². The lowest BCUT2D eigenvalue weighted by molar-refractivity contribution is -0.133. The molecule has 0 aromatic heterocycles. The van der Waals surface area contributed by atoms with Crippen LogP contribution in [-0.4, -0.2) is 53.9 Å². The molecule has 2 amide bonds. The van der Waals surface area contributed by atoms with Gasteiger partial charge in [0.05, 0.1) is 0 Å². The molecule has 0 bridgehead atoms. The van der Waals surface area contributed by atoms with Crippen LogP contribution < -0.4 is 9.80 Å². The average molecular weight is 555 g/mol. The number of fused-ring (bicyclic) bond motifs is 2. The first-order valence-corrected chi connectivity index (χ1v) is 14.3. The lowest BCUT2D eigenvalue weighted by Gasteiger charge is -2.36. The highest BCUT2D eigenvalue weighted by Gasteiger charge is 2.43. The number of hydrogen-bond acceptors (Lipinski definition) is 5. The predicted octanol–water partition coefficient (Wildman–Crippen LogP) is 5.90. The number of carbonyl (C=O) groups excluding carboxylic acids is 2. The number of thiocarbonyl (C=S) groups is 1. The van der Waals surface area contributed by atoms with Gasteiger partial charge in [0.1, 0.15) is 5.57 Å². The van der Waals surface area contributed by atoms with Gasteiger partial charge in [-0.15, -0.1) is 0 Å². The van der Waals surface area contributed by atoms with Crippen LogP contribution in [0.3, 0.4) is 0 Å². The van der Waals surface area contributed by atoms with Crippen LogP contribution in [0.2, 0.25) is 0 Å². The van der Waals surface area contributed by atoms with Gasteiger partial charge < -0.3 is 9.80 Å². The van der Waals surface area contributed by atoms with Crippen molar-refractivity contribution in [3.05, 3.63) is 94.4 Å². The first kappa shape index (κ1) is 27.8. The monoisotopic (exact) mass is 554 g/mol. The lowest BCUT2D eigenvalue weighted by atomic mass is 9.81. The third-order valence-corrected chi connectivity index (χ3v) is 9.21. The average Bonchev–Trinajstić information content (AvgIpc) is 3.23. The van der Waals surface area contributed by atoms with Crippen LogP contribution in [0.25, 0.3) is 0 Å². The number of hydrogen-bond donors (Lipinski definition) is 0. The Bertz CT molecular complexity index is 1420. The molecule has 3 aliphatic rings. The van der Waals surface area contributed by atoms with Crippen LogP contribution in [0, 0.1) is 0 Å². The normalized spacial score (nSPS) is 21.6. The number of anilines is 2. The van der Waals surface area contributed by atoms with E-state index in [2.05, 4.69) is 73.9 Å². The fourth-order valence-corrected chi connectivity index (χ4v) is 6.91. The van der Waals surface area contributed by atoms with E-state index in [-0.39, 0.29) is 33.3 Å². The molecule has 208 valence electrons. The van der Waals surface area contributed by atoms with Crippen LogP contribution >= 0.6 is 12.2 Å². The number of nitrogens with zero attached hydrogens (tertiary/aromatic N) is 4. The van der Waals surface area contributed by atoms with E-state index in [1.807, 2.05) is 52.2 Å². The van der Waals surface area contributed by atoms with E-state index in [0.29, 0.717) is 18.7 Å². The zero-order chi connectivity index (χ0) is 29.1. The molecular weight excluding hydrogens is 516 g/mol. The molecule has 2 aromatic rings. The number of benzene rings is 2. The van der Waals surface area contributed by atoms with Gasteiger partial charge in [0.15, 0.2) is 5.11 Å². The minimum absolute atomic E-state index is 0.151. The van der Waals surface area contributed by atoms with Gasteiger partial charge in [0.2, 0.25) is 0 Å². The Morgan fingerprint density at radius 1 is 0.725 bits per heavy atom. The number of likely N-dealkylation sites (N-methyl/N-ethyl adjacent to an activating group) is 4. The van der Waals surface area contributed by atoms with Gasteiger partial charge in [-0.05, 0) is 67.1 Å². The van der Waals surface area contributed by atoms with Gasteiger partial charge >= 0.3 is 0 Å². The van der Waals surface area contributed by atoms with Crippen LogP contribution in [0.4, 0.5) is 11.4 Å². The maximum atomic E-state index is 14.0. The molecule has 0 atom stereocenters. The van der Waals surface area contributed by atoms with Crippen molar-refractivity contribution >= 4 is 40.5 Å². The molecule has 6 nitrogen and oxygen atoms in total. The van der Waals surface area contributed by atoms with E-state index in [1.54, 1.807) is 0 Å². The molecule has 5 rings (SSSR count). The summed E-state index contributed by atoms with van der Waals surface area (Å²) in [5, 5.41) is 0.264. The van der Waals surface area contributed by atoms with E-state index in [0.717, 1.165) is 22.8 Å². The summed E-state index contributed by atoms with van der Waals surface area (Å²) in [5.74, 6) is -0.698. The second kappa shape index (κ2) is 9.73. The maximum absolute atomic E-state index is 14.0. The van der Waals surface area contributed by atoms with Crippen molar-refractivity contribution < 1.29 is 9.59 Å². The van der Waals surface area contributed by atoms with Gasteiger partial charge in [-0.25, -0.2) is 0 Å². The number of rotatable bonds is 4. The summed E-state index contributed by atoms with van der Waals surface area (Å²) >= 11 is 5.57. The smallest absolute Gasteiger partial charge is 0.266 e. The lowest BCUT2D eigenvalue weighted by Crippen LogP contribution is -2.56. The summed E-state index contributed by atoms with van der Waals surface area (Å²) < 4.78 is 0. The molecule has 3 aliphatic heterocycles. The standard InChI is InChI=1S/C33H38N4O2S/c1-9-36-29(38)28(30(39)37(10-2)31(36)40)21(19-26-32(3,4)22-15-11-13-17-24(22)34(26)7)20-27-33(5,6)23-16-12-14-18-25(23)35(27)8/h11-20H,9-10H2,1-8H3/b26-19+,27-20+. The van der Waals surface area contributed by atoms with Crippen LogP contribution in [0.1, 0.15) is 52.7 Å². The third kappa shape index (κ3) is 3.93. The Morgan fingerprint density at radius 3 is 1.45 bits per heavy atom. The SMILES string of the molecule is CCN1C(=O)C(=C(/C=C2/N(C)c3ccccc3C2(C)C)/C=C2/N(C)c3ccccc3C2(C)C)C(=O)N(CC)C1=S. The first-order chi connectivity index (χ1) is 18.9. The van der Waals surface area contributed by atoms with Gasteiger partial charge in [0, 0.05) is 60.8 Å². The Labute approximate surface area is 243 Å². The minimum Gasteiger partial charge on any atom is -0.347 e. The quantitative estimate of drug-likeness (QED) is 0.268. The highest BCUT2D eigenvalue weighted by molar-refractivity contribution is 7.80. The molecule has 0 N–H and O–H groups in total. The highest BCUT2D eigenvalue weighted by atomic mass is 32.1. The first-order valence-electron chi connectivity index (χ1n) is 13.9. The van der Waals surface area contributed by atoms with Gasteiger partial charge in [0.25, 0.3) is 11.8 Å². The number of carbonyl (C=O) groups is 2. The minimum atomic E-state index is -0.349. The Hall–Kier alpha value is -3.71. The van der Waals surface area contributed by atoms with Crippen molar-refractivity contribution in [2.45, 2.75) is 52.4 Å². The van der Waals surface area contributed by atoms with Gasteiger partial charge in [-0.3, -0.25) is 19.4 Å². The largest absolute Gasteiger partial charge is 0.347 e. The summed E-state index contributed by atoms with van der Waals surface area (Å²) in [6.07, 6.45) is 4.09. The second-order valence-electron chi connectivity index (χ2n) is 11.7. The second-order valence-corrected chi connectivity index (χ2v) is 12.0. The molecule has 3 heterocycles. The summed E-state index contributed by atoms with van der Waals surface area (Å²) in [7, 11) is 4.10. The molecule has 0 unspecified atom stereocenters. The van der Waals surface area contributed by atoms with Crippen LogP contribution in [0.5, 0.6) is 0 Å². The summed E-state index contributed by atoms with van der Waals surface area (Å²) in [6, 6.07) is 16.7. The van der Waals surface area contributed by atoms with Crippen molar-refractivity contribution in [2.75, 3.05) is 37.0 Å². The topological polar surface area (TPSA) is 47.1 Å². The number of amides is 2. The molecule has 0 spiro atoms. The van der Waals surface area contributed by atoms with E-state index in [4.69, 9.17) is 12.2 Å². The fourth-order valence-electron chi connectivity index (χ4n) is 6.48. The summed E-state index contributed by atoms with van der Waals surface area (Å²) in [6.45, 7) is 13.3. The van der Waals surface area contributed by atoms with Crippen molar-refractivity contribution in [2.24, 2.45) is 0 Å².